The fourth-order valence-electron chi connectivity index (χ4n) is 4.75. The molecule has 42 heavy (non-hydrogen) atoms. The zero-order valence-corrected chi connectivity index (χ0v) is 23.1. The van der Waals surface area contributed by atoms with Gasteiger partial charge in [0.2, 0.25) is 0 Å². The first kappa shape index (κ1) is 32.3. The summed E-state index contributed by atoms with van der Waals surface area (Å²) >= 11 is 0. The predicted octanol–water partition coefficient (Wildman–Crippen LogP) is 1.30. The second-order valence-electron chi connectivity index (χ2n) is 9.47. The molecule has 0 bridgehead atoms. The lowest BCUT2D eigenvalue weighted by Gasteiger charge is -2.43. The smallest absolute Gasteiger partial charge is 0.303 e. The Labute approximate surface area is 238 Å². The average Bonchev–Trinajstić information content (AvgIpc) is 3.22. The Kier molecular flexibility index (Phi) is 10.8. The third-order valence-electron chi connectivity index (χ3n) is 6.33. The topological polar surface area (TPSA) is 219 Å². The van der Waals surface area contributed by atoms with Crippen LogP contribution in [0.1, 0.15) is 39.7 Å². The van der Waals surface area contributed by atoms with Gasteiger partial charge in [0.25, 0.3) is 11.4 Å². The number of fused-ring (bicyclic) bond motifs is 1. The molecular formula is C25H30N2O15. The maximum Gasteiger partial charge on any atom is 0.303 e. The van der Waals surface area contributed by atoms with E-state index in [0.717, 1.165) is 32.9 Å². The molecule has 0 amide bonds. The summed E-state index contributed by atoms with van der Waals surface area (Å²) in [6, 6.07) is 3.14. The molecule has 1 aromatic rings. The molecule has 0 unspecified atom stereocenters. The minimum absolute atomic E-state index is 0.00111. The molecule has 3 rings (SSSR count). The molecule has 0 radical (unpaired) electrons. The van der Waals surface area contributed by atoms with Gasteiger partial charge in [-0.3, -0.25) is 39.4 Å². The van der Waals surface area contributed by atoms with Crippen LogP contribution in [0.3, 0.4) is 0 Å². The number of rotatable bonds is 12. The molecule has 2 aliphatic heterocycles. The van der Waals surface area contributed by atoms with E-state index in [2.05, 4.69) is 0 Å². The Morgan fingerprint density at radius 1 is 0.786 bits per heavy atom. The number of benzene rings is 1. The molecule has 0 aliphatic carbocycles. The van der Waals surface area contributed by atoms with Gasteiger partial charge in [-0.2, -0.15) is 0 Å². The van der Waals surface area contributed by atoms with Crippen molar-refractivity contribution in [3.63, 3.8) is 0 Å². The van der Waals surface area contributed by atoms with Crippen molar-refractivity contribution in [1.82, 2.24) is 0 Å². The normalized spacial score (nSPS) is 26.4. The van der Waals surface area contributed by atoms with Gasteiger partial charge in [0.1, 0.15) is 31.0 Å². The Balaban J connectivity index is 1.82. The van der Waals surface area contributed by atoms with Gasteiger partial charge in [-0.15, -0.1) is 0 Å². The van der Waals surface area contributed by atoms with E-state index < -0.39 is 87.8 Å². The summed E-state index contributed by atoms with van der Waals surface area (Å²) in [7, 11) is 0. The van der Waals surface area contributed by atoms with Crippen molar-refractivity contribution in [2.24, 2.45) is 0 Å². The SMILES string of the molecule is CC(=O)OC[C@H]1O[C@H]2[C@@H](OC(C)=O)[C@@H](OC(C)=O)[C@H](CCOCc3ccc([N+](=O)[O-])cc3[N+](=O)[O-])O[C@H]2[C@H]1OC(C)=O. The summed E-state index contributed by atoms with van der Waals surface area (Å²) in [6.45, 7) is 3.90. The van der Waals surface area contributed by atoms with Crippen molar-refractivity contribution in [3.05, 3.63) is 44.0 Å². The van der Waals surface area contributed by atoms with E-state index in [4.69, 9.17) is 33.2 Å². The zero-order chi connectivity index (χ0) is 31.1. The van der Waals surface area contributed by atoms with Crippen LogP contribution in [0.5, 0.6) is 0 Å². The number of esters is 4. The first-order chi connectivity index (χ1) is 19.8. The zero-order valence-electron chi connectivity index (χ0n) is 23.1. The van der Waals surface area contributed by atoms with Crippen LogP contribution in [-0.4, -0.2) is 89.7 Å². The van der Waals surface area contributed by atoms with Gasteiger partial charge in [0, 0.05) is 46.8 Å². The molecule has 2 fully saturated rings. The number of ether oxygens (including phenoxy) is 7. The van der Waals surface area contributed by atoms with Crippen molar-refractivity contribution >= 4 is 35.3 Å². The highest BCUT2D eigenvalue weighted by Crippen LogP contribution is 2.39. The highest BCUT2D eigenvalue weighted by atomic mass is 16.7. The molecule has 230 valence electrons. The maximum atomic E-state index is 12.0. The Bertz CT molecular complexity index is 1220. The van der Waals surface area contributed by atoms with Crippen molar-refractivity contribution in [1.29, 1.82) is 0 Å². The van der Waals surface area contributed by atoms with E-state index >= 15 is 0 Å². The van der Waals surface area contributed by atoms with Gasteiger partial charge >= 0.3 is 23.9 Å². The first-order valence-corrected chi connectivity index (χ1v) is 12.7. The van der Waals surface area contributed by atoms with E-state index in [1.54, 1.807) is 0 Å². The molecule has 2 aliphatic rings. The molecule has 17 nitrogen and oxygen atoms in total. The minimum Gasteiger partial charge on any atom is -0.463 e. The van der Waals surface area contributed by atoms with Crippen LogP contribution in [0, 0.1) is 20.2 Å². The molecule has 7 atom stereocenters. The van der Waals surface area contributed by atoms with E-state index in [1.807, 2.05) is 0 Å². The van der Waals surface area contributed by atoms with Crippen molar-refractivity contribution in [2.75, 3.05) is 13.2 Å². The van der Waals surface area contributed by atoms with Crippen LogP contribution < -0.4 is 0 Å². The highest BCUT2D eigenvalue weighted by Gasteiger charge is 2.60. The second-order valence-corrected chi connectivity index (χ2v) is 9.47. The van der Waals surface area contributed by atoms with Gasteiger partial charge in [-0.05, 0) is 6.07 Å². The molecule has 0 N–H and O–H groups in total. The van der Waals surface area contributed by atoms with Crippen LogP contribution >= 0.6 is 0 Å². The van der Waals surface area contributed by atoms with E-state index in [9.17, 15) is 39.4 Å². The van der Waals surface area contributed by atoms with Gasteiger partial charge < -0.3 is 33.2 Å². The van der Waals surface area contributed by atoms with Crippen LogP contribution in [0.15, 0.2) is 18.2 Å². The number of carbonyl (C=O) groups is 4. The Hall–Kier alpha value is -4.22. The lowest BCUT2D eigenvalue weighted by Crippen LogP contribution is -2.61. The summed E-state index contributed by atoms with van der Waals surface area (Å²) in [6.07, 6.45) is -7.62. The lowest BCUT2D eigenvalue weighted by atomic mass is 9.91. The monoisotopic (exact) mass is 598 g/mol. The maximum absolute atomic E-state index is 12.0. The summed E-state index contributed by atoms with van der Waals surface area (Å²) < 4.78 is 39.1. The number of hydrogen-bond acceptors (Lipinski definition) is 15. The summed E-state index contributed by atoms with van der Waals surface area (Å²) in [5.74, 6) is -2.75. The van der Waals surface area contributed by atoms with E-state index in [-0.39, 0.29) is 31.8 Å². The highest BCUT2D eigenvalue weighted by molar-refractivity contribution is 5.68. The first-order valence-electron chi connectivity index (χ1n) is 12.7. The summed E-state index contributed by atoms with van der Waals surface area (Å²) in [5, 5.41) is 22.4. The van der Waals surface area contributed by atoms with Gasteiger partial charge in [0.05, 0.1) is 28.1 Å². The average molecular weight is 599 g/mol. The third kappa shape index (κ3) is 8.17. The number of nitrogens with zero attached hydrogens (tertiary/aromatic N) is 2. The molecule has 0 spiro atoms. The third-order valence-corrected chi connectivity index (χ3v) is 6.33. The predicted molar refractivity (Wildman–Crippen MR) is 135 cm³/mol. The van der Waals surface area contributed by atoms with Crippen LogP contribution in [0.4, 0.5) is 11.4 Å². The van der Waals surface area contributed by atoms with E-state index in [0.29, 0.717) is 0 Å². The largest absolute Gasteiger partial charge is 0.463 e. The van der Waals surface area contributed by atoms with Crippen LogP contribution in [0.25, 0.3) is 0 Å². The second kappa shape index (κ2) is 14.1. The molecule has 17 heteroatoms. The fourth-order valence-corrected chi connectivity index (χ4v) is 4.75. The standard InChI is InChI=1S/C25H30N2O15/c1-12(28)37-11-20-22(39-14(3)30)24-25(42-20)23(40-15(4)31)21(38-13(2)29)19(41-24)7-8-36-10-16-5-6-17(26(32)33)9-18(16)27(34)35/h5-6,9,19-25H,7-8,10-11H2,1-4H3/t19-,20+,21-,22-,23-,24-,25-/m0/s1. The number of nitro benzene ring substituents is 2. The number of non-ortho nitro benzene ring substituents is 1. The quantitative estimate of drug-likeness (QED) is 0.109. The molecule has 0 saturated carbocycles. The molecular weight excluding hydrogens is 568 g/mol. The van der Waals surface area contributed by atoms with Crippen molar-refractivity contribution in [3.8, 4) is 0 Å². The minimum atomic E-state index is -1.22. The van der Waals surface area contributed by atoms with Gasteiger partial charge in [-0.1, -0.05) is 0 Å². The number of nitro groups is 2. The fraction of sp³-hybridized carbons (Fsp3) is 0.600. The Morgan fingerprint density at radius 3 is 1.93 bits per heavy atom. The Morgan fingerprint density at radius 2 is 1.36 bits per heavy atom. The van der Waals surface area contributed by atoms with Gasteiger partial charge in [0.15, 0.2) is 18.3 Å². The molecule has 2 saturated heterocycles. The van der Waals surface area contributed by atoms with E-state index in [1.165, 1.54) is 13.0 Å². The lowest BCUT2D eigenvalue weighted by molar-refractivity contribution is -0.394. The van der Waals surface area contributed by atoms with Crippen molar-refractivity contribution < 1.29 is 62.2 Å². The number of hydrogen-bond donors (Lipinski definition) is 0. The van der Waals surface area contributed by atoms with Crippen LogP contribution in [0.2, 0.25) is 0 Å². The van der Waals surface area contributed by atoms with Crippen LogP contribution in [-0.2, 0) is 58.9 Å². The summed E-state index contributed by atoms with van der Waals surface area (Å²) in [4.78, 5) is 68.2. The van der Waals surface area contributed by atoms with Gasteiger partial charge in [-0.25, -0.2) is 0 Å². The summed E-state index contributed by atoms with van der Waals surface area (Å²) in [5.41, 5.74) is -0.874. The van der Waals surface area contributed by atoms with Crippen molar-refractivity contribution in [2.45, 2.75) is 83.5 Å². The molecule has 1 aromatic carbocycles. The molecule has 0 aromatic heterocycles. The number of carbonyl (C=O) groups excluding carboxylic acids is 4. The molecule has 2 heterocycles.